The highest BCUT2D eigenvalue weighted by atomic mass is 32.2. The van der Waals surface area contributed by atoms with Crippen molar-refractivity contribution < 1.29 is 21.6 Å². The van der Waals surface area contributed by atoms with Gasteiger partial charge in [0.15, 0.2) is 0 Å². The normalized spacial score (nSPS) is 12.1. The Morgan fingerprint density at radius 3 is 2.22 bits per heavy atom. The average molecular weight is 364 g/mol. The monoisotopic (exact) mass is 364 g/mol. The van der Waals surface area contributed by atoms with Crippen molar-refractivity contribution in [1.29, 1.82) is 0 Å². The summed E-state index contributed by atoms with van der Waals surface area (Å²) in [7, 11) is -5.36. The van der Waals surface area contributed by atoms with Crippen LogP contribution in [0.5, 0.6) is 5.75 Å². The lowest BCUT2D eigenvalue weighted by molar-refractivity contribution is 0.415. The summed E-state index contributed by atoms with van der Waals surface area (Å²) >= 11 is 0. The number of methoxy groups -OCH3 is 1. The van der Waals surface area contributed by atoms with Gasteiger partial charge in [0.2, 0.25) is 20.0 Å². The van der Waals surface area contributed by atoms with Crippen molar-refractivity contribution in [2.24, 2.45) is 0 Å². The average Bonchev–Trinajstić information content (AvgIpc) is 2.48. The van der Waals surface area contributed by atoms with Crippen LogP contribution in [0.1, 0.15) is 19.8 Å². The molecule has 7 nitrogen and oxygen atoms in total. The van der Waals surface area contributed by atoms with Gasteiger partial charge in [0.1, 0.15) is 5.75 Å². The number of unbranched alkanes of at least 4 members (excludes halogenated alkanes) is 1. The van der Waals surface area contributed by atoms with E-state index in [0.717, 1.165) is 17.0 Å². The number of nitrogens with zero attached hydrogens (tertiary/aromatic N) is 1. The second-order valence-corrected chi connectivity index (χ2v) is 8.93. The van der Waals surface area contributed by atoms with Gasteiger partial charge >= 0.3 is 0 Å². The largest absolute Gasteiger partial charge is 0.497 e. The van der Waals surface area contributed by atoms with Crippen LogP contribution in [0.2, 0.25) is 0 Å². The Hall–Kier alpha value is -1.32. The molecule has 0 aromatic heterocycles. The van der Waals surface area contributed by atoms with Gasteiger partial charge in [0.25, 0.3) is 0 Å². The number of nitrogens with one attached hydrogen (secondary N) is 1. The molecule has 0 fully saturated rings. The van der Waals surface area contributed by atoms with E-state index in [4.69, 9.17) is 4.74 Å². The summed E-state index contributed by atoms with van der Waals surface area (Å²) in [4.78, 5) is 0. The zero-order valence-electron chi connectivity index (χ0n) is 13.6. The molecule has 1 aromatic carbocycles. The first kappa shape index (κ1) is 19.7. The van der Waals surface area contributed by atoms with Crippen LogP contribution in [0.15, 0.2) is 24.3 Å². The lowest BCUT2D eigenvalue weighted by Crippen LogP contribution is -2.38. The third-order valence-corrected chi connectivity index (χ3v) is 5.83. The van der Waals surface area contributed by atoms with Crippen molar-refractivity contribution in [2.45, 2.75) is 19.8 Å². The highest BCUT2D eigenvalue weighted by Crippen LogP contribution is 2.21. The molecule has 0 amide bonds. The highest BCUT2D eigenvalue weighted by Gasteiger charge is 2.18. The zero-order valence-corrected chi connectivity index (χ0v) is 15.3. The molecule has 0 spiro atoms. The molecule has 0 aliphatic rings. The molecule has 0 radical (unpaired) electrons. The summed E-state index contributed by atoms with van der Waals surface area (Å²) < 4.78 is 56.0. The molecule has 0 heterocycles. The van der Waals surface area contributed by atoms with Gasteiger partial charge in [0, 0.05) is 13.1 Å². The van der Waals surface area contributed by atoms with Gasteiger partial charge in [-0.15, -0.1) is 0 Å². The SMILES string of the molecule is CCCCS(=O)(=O)NCCN(c1ccc(OC)cc1)S(C)(=O)=O. The van der Waals surface area contributed by atoms with Crippen LogP contribution in [0, 0.1) is 0 Å². The van der Waals surface area contributed by atoms with E-state index in [9.17, 15) is 16.8 Å². The van der Waals surface area contributed by atoms with Crippen LogP contribution in [-0.2, 0) is 20.0 Å². The molecule has 1 aromatic rings. The van der Waals surface area contributed by atoms with Crippen molar-refractivity contribution in [3.63, 3.8) is 0 Å². The maximum atomic E-state index is 11.9. The van der Waals surface area contributed by atoms with Crippen LogP contribution in [0.3, 0.4) is 0 Å². The lowest BCUT2D eigenvalue weighted by atomic mass is 10.3. The second-order valence-electron chi connectivity index (χ2n) is 5.10. The predicted octanol–water partition coefficient (Wildman–Crippen LogP) is 1.18. The van der Waals surface area contributed by atoms with E-state index in [1.807, 2.05) is 6.92 Å². The molecular formula is C14H24N2O5S2. The van der Waals surface area contributed by atoms with Crippen molar-refractivity contribution in [3.8, 4) is 5.75 Å². The summed E-state index contributed by atoms with van der Waals surface area (Å²) in [5.74, 6) is 0.660. The predicted molar refractivity (Wildman–Crippen MR) is 91.9 cm³/mol. The number of hydrogen-bond donors (Lipinski definition) is 1. The summed E-state index contributed by atoms with van der Waals surface area (Å²) in [6, 6.07) is 6.54. The third kappa shape index (κ3) is 6.76. The highest BCUT2D eigenvalue weighted by molar-refractivity contribution is 7.92. The molecule has 0 aliphatic carbocycles. The molecule has 1 N–H and O–H groups in total. The molecule has 1 rings (SSSR count). The van der Waals surface area contributed by atoms with Gasteiger partial charge in [-0.05, 0) is 30.7 Å². The number of sulfonamides is 2. The van der Waals surface area contributed by atoms with E-state index < -0.39 is 20.0 Å². The fourth-order valence-electron chi connectivity index (χ4n) is 1.94. The van der Waals surface area contributed by atoms with Crippen LogP contribution in [-0.4, -0.2) is 49.0 Å². The number of benzene rings is 1. The van der Waals surface area contributed by atoms with Crippen molar-refractivity contribution >= 4 is 25.7 Å². The molecule has 0 atom stereocenters. The minimum Gasteiger partial charge on any atom is -0.497 e. The van der Waals surface area contributed by atoms with Crippen molar-refractivity contribution in [3.05, 3.63) is 24.3 Å². The topological polar surface area (TPSA) is 92.8 Å². The first-order valence-corrected chi connectivity index (χ1v) is 10.8. The fraction of sp³-hybridized carbons (Fsp3) is 0.571. The quantitative estimate of drug-likeness (QED) is 0.673. The van der Waals surface area contributed by atoms with Gasteiger partial charge in [-0.25, -0.2) is 21.6 Å². The Kier molecular flexibility index (Phi) is 7.30. The Bertz CT molecular complexity index is 684. The van der Waals surface area contributed by atoms with E-state index >= 15 is 0 Å². The molecule has 0 unspecified atom stereocenters. The van der Waals surface area contributed by atoms with E-state index in [-0.39, 0.29) is 18.8 Å². The van der Waals surface area contributed by atoms with Crippen LogP contribution in [0.25, 0.3) is 0 Å². The summed E-state index contributed by atoms with van der Waals surface area (Å²) in [5.41, 5.74) is 0.459. The molecule has 0 aliphatic heterocycles. The first-order chi connectivity index (χ1) is 10.7. The lowest BCUT2D eigenvalue weighted by Gasteiger charge is -2.22. The van der Waals surface area contributed by atoms with Gasteiger partial charge in [-0.2, -0.15) is 0 Å². The van der Waals surface area contributed by atoms with Crippen LogP contribution < -0.4 is 13.8 Å². The summed E-state index contributed by atoms with van der Waals surface area (Å²) in [5, 5.41) is 0. The Balaban J connectivity index is 2.77. The van der Waals surface area contributed by atoms with E-state index in [0.29, 0.717) is 17.9 Å². The minimum atomic E-state index is -3.51. The molecule has 132 valence electrons. The molecule has 0 saturated carbocycles. The van der Waals surface area contributed by atoms with Gasteiger partial charge in [-0.3, -0.25) is 4.31 Å². The standard InChI is InChI=1S/C14H24N2O5S2/c1-4-5-12-23(19,20)15-10-11-16(22(3,17)18)13-6-8-14(21-2)9-7-13/h6-9,15H,4-5,10-12H2,1-3H3. The summed E-state index contributed by atoms with van der Waals surface area (Å²) in [6.07, 6.45) is 2.44. The molecule has 0 bridgehead atoms. The molecule has 23 heavy (non-hydrogen) atoms. The second kappa shape index (κ2) is 8.51. The zero-order chi connectivity index (χ0) is 17.5. The van der Waals surface area contributed by atoms with Crippen molar-refractivity contribution in [2.75, 3.05) is 36.5 Å². The maximum absolute atomic E-state index is 11.9. The van der Waals surface area contributed by atoms with Crippen LogP contribution in [0.4, 0.5) is 5.69 Å². The number of ether oxygens (including phenoxy) is 1. The van der Waals surface area contributed by atoms with Crippen molar-refractivity contribution in [1.82, 2.24) is 4.72 Å². The number of hydrogen-bond acceptors (Lipinski definition) is 5. The molecule has 0 saturated heterocycles. The Labute approximate surface area is 138 Å². The Morgan fingerprint density at radius 2 is 1.74 bits per heavy atom. The van der Waals surface area contributed by atoms with E-state index in [2.05, 4.69) is 4.72 Å². The fourth-order valence-corrected chi connectivity index (χ4v) is 4.09. The smallest absolute Gasteiger partial charge is 0.232 e. The number of anilines is 1. The van der Waals surface area contributed by atoms with Gasteiger partial charge in [-0.1, -0.05) is 13.3 Å². The third-order valence-electron chi connectivity index (χ3n) is 3.16. The number of rotatable bonds is 10. The van der Waals surface area contributed by atoms with Gasteiger partial charge in [0.05, 0.1) is 24.8 Å². The van der Waals surface area contributed by atoms with E-state index in [1.165, 1.54) is 7.11 Å². The molecular weight excluding hydrogens is 340 g/mol. The first-order valence-electron chi connectivity index (χ1n) is 7.28. The minimum absolute atomic E-state index is 0.0190. The summed E-state index contributed by atoms with van der Waals surface area (Å²) in [6.45, 7) is 1.95. The maximum Gasteiger partial charge on any atom is 0.232 e. The Morgan fingerprint density at radius 1 is 1.13 bits per heavy atom. The molecule has 9 heteroatoms. The van der Waals surface area contributed by atoms with Gasteiger partial charge < -0.3 is 4.74 Å². The van der Waals surface area contributed by atoms with Crippen LogP contribution >= 0.6 is 0 Å². The van der Waals surface area contributed by atoms with E-state index in [1.54, 1.807) is 24.3 Å².